The van der Waals surface area contributed by atoms with Crippen LogP contribution in [0.2, 0.25) is 0 Å². The Balaban J connectivity index is 1.61. The lowest BCUT2D eigenvalue weighted by Crippen LogP contribution is -2.70. The second-order valence-electron chi connectivity index (χ2n) is 11.1. The molecule has 1 aromatic rings. The first-order chi connectivity index (χ1) is 17.0. The van der Waals surface area contributed by atoms with Gasteiger partial charge in [-0.2, -0.15) is 0 Å². The normalized spacial score (nSPS) is 43.2. The molecule has 0 heterocycles. The second-order valence-corrected chi connectivity index (χ2v) is 11.1. The lowest BCUT2D eigenvalue weighted by Gasteiger charge is -2.62. The first-order valence-corrected chi connectivity index (χ1v) is 12.4. The molecule has 192 valence electrons. The molecule has 3 fully saturated rings. The van der Waals surface area contributed by atoms with E-state index in [-0.39, 0.29) is 24.2 Å². The molecule has 8 heteroatoms. The molecule has 0 spiro atoms. The number of esters is 1. The summed E-state index contributed by atoms with van der Waals surface area (Å²) >= 11 is 0. The Morgan fingerprint density at radius 3 is 2.47 bits per heavy atom. The molecule has 3 saturated carbocycles. The maximum atomic E-state index is 17.3. The molecule has 3 N–H and O–H groups in total. The molecule has 0 radical (unpaired) electrons. The average Bonchev–Trinajstić information content (AvgIpc) is 3.07. The number of carbonyl (C=O) groups excluding carboxylic acids is 3. The van der Waals surface area contributed by atoms with Crippen molar-refractivity contribution in [2.45, 2.75) is 63.0 Å². The number of ether oxygens (including phenoxy) is 1. The first-order valence-electron chi connectivity index (χ1n) is 12.4. The minimum Gasteiger partial charge on any atom is -0.444 e. The molecule has 4 aliphatic carbocycles. The van der Waals surface area contributed by atoms with Gasteiger partial charge in [0.2, 0.25) is 11.4 Å². The number of ketones is 2. The van der Waals surface area contributed by atoms with Crippen LogP contribution in [0, 0.1) is 22.7 Å². The molecular formula is C28H31FO7. The van der Waals surface area contributed by atoms with Crippen molar-refractivity contribution in [3.05, 3.63) is 59.7 Å². The van der Waals surface area contributed by atoms with Gasteiger partial charge in [-0.3, -0.25) is 9.59 Å². The van der Waals surface area contributed by atoms with Gasteiger partial charge in [-0.15, -0.1) is 0 Å². The fraction of sp³-hybridized carbons (Fsp3) is 0.536. The van der Waals surface area contributed by atoms with Crippen molar-refractivity contribution in [3.8, 4) is 0 Å². The van der Waals surface area contributed by atoms with Crippen molar-refractivity contribution in [2.24, 2.45) is 22.7 Å². The molecule has 1 aromatic carbocycles. The van der Waals surface area contributed by atoms with Gasteiger partial charge in [-0.25, -0.2) is 9.18 Å². The molecule has 0 aromatic heterocycles. The van der Waals surface area contributed by atoms with Crippen LogP contribution in [0.3, 0.4) is 0 Å². The number of fused-ring (bicyclic) bond motifs is 5. The number of aliphatic hydroxyl groups is 3. The Kier molecular flexibility index (Phi) is 5.67. The number of alkyl halides is 1. The van der Waals surface area contributed by atoms with Crippen LogP contribution in [0.15, 0.2) is 54.1 Å². The third-order valence-corrected chi connectivity index (χ3v) is 9.65. The quantitative estimate of drug-likeness (QED) is 0.546. The van der Waals surface area contributed by atoms with Gasteiger partial charge in [0.05, 0.1) is 11.7 Å². The number of rotatable bonds is 4. The average molecular weight is 499 g/mol. The van der Waals surface area contributed by atoms with Crippen molar-refractivity contribution in [2.75, 3.05) is 6.61 Å². The largest absolute Gasteiger partial charge is 0.444 e. The number of aliphatic hydroxyl groups excluding tert-OH is 3. The van der Waals surface area contributed by atoms with Crippen LogP contribution >= 0.6 is 0 Å². The van der Waals surface area contributed by atoms with Crippen molar-refractivity contribution in [1.82, 2.24) is 0 Å². The van der Waals surface area contributed by atoms with Crippen LogP contribution in [0.5, 0.6) is 0 Å². The van der Waals surface area contributed by atoms with Gasteiger partial charge in [-0.1, -0.05) is 36.8 Å². The zero-order valence-corrected chi connectivity index (χ0v) is 20.3. The number of benzene rings is 1. The Morgan fingerprint density at radius 2 is 1.81 bits per heavy atom. The molecule has 36 heavy (non-hydrogen) atoms. The monoisotopic (exact) mass is 498 g/mol. The Labute approximate surface area is 208 Å². The van der Waals surface area contributed by atoms with E-state index < -0.39 is 64.5 Å². The lowest BCUT2D eigenvalue weighted by molar-refractivity contribution is -0.222. The van der Waals surface area contributed by atoms with Crippen molar-refractivity contribution in [3.63, 3.8) is 0 Å². The molecule has 8 atom stereocenters. The van der Waals surface area contributed by atoms with Crippen LogP contribution in [0.1, 0.15) is 49.9 Å². The summed E-state index contributed by atoms with van der Waals surface area (Å²) in [5.74, 6) is -3.38. The van der Waals surface area contributed by atoms with Crippen LogP contribution in [0.25, 0.3) is 0 Å². The summed E-state index contributed by atoms with van der Waals surface area (Å²) in [7, 11) is 0. The molecule has 0 saturated heterocycles. The minimum atomic E-state index is -2.17. The third-order valence-electron chi connectivity index (χ3n) is 9.65. The standard InChI is InChI=1S/C28H31FO7/c1-25-11-10-18(31)12-17(25)8-9-19-20-13-21(32)28(23(34)15-30,26(20,2)14-22(33)27(19,25)29)36-24(35)16-6-4-3-5-7-16/h3-7,10-12,19-22,30,32-33H,8-9,13-15H2,1-2H3/t19-,20-,21?,22?,25-,26-,27-,28-/m0/s1. The fourth-order valence-electron chi connectivity index (χ4n) is 7.85. The maximum absolute atomic E-state index is 17.3. The number of halogens is 1. The summed E-state index contributed by atoms with van der Waals surface area (Å²) in [5.41, 5.74) is -6.13. The molecule has 2 unspecified atom stereocenters. The molecule has 0 aliphatic heterocycles. The zero-order valence-electron chi connectivity index (χ0n) is 20.3. The van der Waals surface area contributed by atoms with E-state index in [1.165, 1.54) is 30.4 Å². The van der Waals surface area contributed by atoms with Crippen LogP contribution in [-0.2, 0) is 14.3 Å². The topological polar surface area (TPSA) is 121 Å². The summed E-state index contributed by atoms with van der Waals surface area (Å²) in [6.07, 6.45) is 1.59. The summed E-state index contributed by atoms with van der Waals surface area (Å²) in [4.78, 5) is 38.5. The van der Waals surface area contributed by atoms with Crippen LogP contribution < -0.4 is 0 Å². The van der Waals surface area contributed by atoms with Gasteiger partial charge in [0.1, 0.15) is 12.7 Å². The highest BCUT2D eigenvalue weighted by atomic mass is 19.1. The molecule has 0 bridgehead atoms. The van der Waals surface area contributed by atoms with Crippen molar-refractivity contribution >= 4 is 17.5 Å². The molecule has 0 amide bonds. The second kappa shape index (κ2) is 8.16. The van der Waals surface area contributed by atoms with Crippen molar-refractivity contribution in [1.29, 1.82) is 0 Å². The van der Waals surface area contributed by atoms with E-state index in [1.807, 2.05) is 0 Å². The smallest absolute Gasteiger partial charge is 0.339 e. The molecular weight excluding hydrogens is 467 g/mol. The fourth-order valence-corrected chi connectivity index (χ4v) is 7.85. The van der Waals surface area contributed by atoms with E-state index in [0.29, 0.717) is 18.4 Å². The van der Waals surface area contributed by atoms with Gasteiger partial charge in [-0.05, 0) is 62.8 Å². The number of hydrogen-bond donors (Lipinski definition) is 3. The molecule has 4 aliphatic rings. The van der Waals surface area contributed by atoms with Gasteiger partial charge >= 0.3 is 5.97 Å². The van der Waals surface area contributed by atoms with E-state index >= 15 is 4.39 Å². The summed E-state index contributed by atoms with van der Waals surface area (Å²) in [6.45, 7) is 2.32. The Hall–Kier alpha value is -2.68. The van der Waals surface area contributed by atoms with Gasteiger partial charge in [0, 0.05) is 16.7 Å². The first kappa shape index (κ1) is 25.0. The SMILES string of the molecule is C[C@]12C=CC(=O)C=C1CC[C@H]1[C@@H]3CC(O)[C@](OC(=O)c4ccccc4)(C(=O)CO)[C@@]3(C)CC(O)[C@@]12F. The van der Waals surface area contributed by atoms with Gasteiger partial charge in [0.25, 0.3) is 0 Å². The molecule has 7 nitrogen and oxygen atoms in total. The van der Waals surface area contributed by atoms with Crippen LogP contribution in [-0.4, -0.2) is 62.9 Å². The Bertz CT molecular complexity index is 1180. The number of Topliss-reactive ketones (excluding diaryl/α,β-unsaturated/α-hetero) is 1. The third kappa shape index (κ3) is 2.98. The highest BCUT2D eigenvalue weighted by Crippen LogP contribution is 2.70. The maximum Gasteiger partial charge on any atom is 0.339 e. The van der Waals surface area contributed by atoms with E-state index in [2.05, 4.69) is 0 Å². The number of carbonyl (C=O) groups is 3. The van der Waals surface area contributed by atoms with E-state index in [4.69, 9.17) is 4.74 Å². The van der Waals surface area contributed by atoms with E-state index in [1.54, 1.807) is 32.0 Å². The van der Waals surface area contributed by atoms with E-state index in [9.17, 15) is 29.7 Å². The van der Waals surface area contributed by atoms with Gasteiger partial charge < -0.3 is 20.1 Å². The highest BCUT2D eigenvalue weighted by molar-refractivity contribution is 6.01. The number of hydrogen-bond acceptors (Lipinski definition) is 7. The number of allylic oxidation sites excluding steroid dienone is 4. The van der Waals surface area contributed by atoms with Crippen molar-refractivity contribution < 1.29 is 38.8 Å². The predicted octanol–water partition coefficient (Wildman–Crippen LogP) is 2.49. The zero-order chi connectivity index (χ0) is 26.1. The Morgan fingerprint density at radius 1 is 1.11 bits per heavy atom. The van der Waals surface area contributed by atoms with E-state index in [0.717, 1.165) is 0 Å². The van der Waals surface area contributed by atoms with Gasteiger partial charge in [0.15, 0.2) is 11.5 Å². The van der Waals surface area contributed by atoms with Crippen LogP contribution in [0.4, 0.5) is 4.39 Å². The predicted molar refractivity (Wildman–Crippen MR) is 126 cm³/mol. The summed E-state index contributed by atoms with van der Waals surface area (Å²) in [5, 5.41) is 32.7. The summed E-state index contributed by atoms with van der Waals surface area (Å²) in [6, 6.07) is 7.99. The minimum absolute atomic E-state index is 0.0366. The molecule has 5 rings (SSSR count). The lowest BCUT2D eigenvalue weighted by atomic mass is 9.44. The highest BCUT2D eigenvalue weighted by Gasteiger charge is 2.78. The summed E-state index contributed by atoms with van der Waals surface area (Å²) < 4.78 is 23.1.